The second-order valence-corrected chi connectivity index (χ2v) is 5.65. The minimum atomic E-state index is -0.482. The van der Waals surface area contributed by atoms with Gasteiger partial charge in [-0.25, -0.2) is 10.4 Å². The highest BCUT2D eigenvalue weighted by Crippen LogP contribution is 2.30. The molecule has 0 saturated carbocycles. The van der Waals surface area contributed by atoms with E-state index in [0.29, 0.717) is 0 Å². The summed E-state index contributed by atoms with van der Waals surface area (Å²) in [5.74, 6) is 0. The first kappa shape index (κ1) is 12.5. The highest BCUT2D eigenvalue weighted by molar-refractivity contribution is 5.10. The first-order chi connectivity index (χ1) is 6.89. The highest BCUT2D eigenvalue weighted by atomic mass is 15.5. The fourth-order valence-corrected chi connectivity index (χ4v) is 1.68. The van der Waals surface area contributed by atoms with Crippen molar-refractivity contribution in [2.24, 2.45) is 5.41 Å². The molecule has 1 aliphatic rings. The zero-order valence-corrected chi connectivity index (χ0v) is 10.4. The number of piperidine rings is 1. The van der Waals surface area contributed by atoms with Crippen LogP contribution in [0.1, 0.15) is 47.0 Å². The Morgan fingerprint density at radius 3 is 2.00 bits per heavy atom. The van der Waals surface area contributed by atoms with Crippen molar-refractivity contribution < 1.29 is 0 Å². The molecule has 1 saturated heterocycles. The molecule has 0 bridgehead atoms. The molecule has 86 valence electrons. The second-order valence-electron chi connectivity index (χ2n) is 5.65. The minimum Gasteiger partial charge on any atom is -0.243 e. The van der Waals surface area contributed by atoms with Crippen LogP contribution in [0.3, 0.4) is 0 Å². The summed E-state index contributed by atoms with van der Waals surface area (Å²) >= 11 is 0. The van der Waals surface area contributed by atoms with Crippen LogP contribution in [0.15, 0.2) is 0 Å². The molecular weight excluding hydrogens is 186 g/mol. The van der Waals surface area contributed by atoms with Gasteiger partial charge < -0.3 is 0 Å². The predicted octanol–water partition coefficient (Wildman–Crippen LogP) is 2.31. The maximum Gasteiger partial charge on any atom is 0.121 e. The van der Waals surface area contributed by atoms with Gasteiger partial charge in [0.05, 0.1) is 6.07 Å². The molecule has 1 fully saturated rings. The van der Waals surface area contributed by atoms with Crippen LogP contribution in [0.4, 0.5) is 0 Å². The summed E-state index contributed by atoms with van der Waals surface area (Å²) < 4.78 is 0. The molecule has 1 unspecified atom stereocenters. The first-order valence-electron chi connectivity index (χ1n) is 5.83. The number of nitrogens with one attached hydrogen (secondary N) is 1. The van der Waals surface area contributed by atoms with Gasteiger partial charge in [0.1, 0.15) is 5.54 Å². The van der Waals surface area contributed by atoms with Gasteiger partial charge in [-0.1, -0.05) is 27.2 Å². The summed E-state index contributed by atoms with van der Waals surface area (Å²) in [6, 6.07) is 2.41. The Morgan fingerprint density at radius 1 is 1.07 bits per heavy atom. The smallest absolute Gasteiger partial charge is 0.121 e. The van der Waals surface area contributed by atoms with E-state index in [1.54, 1.807) is 0 Å². The number of nitrogens with zero attached hydrogens (tertiary/aromatic N) is 2. The van der Waals surface area contributed by atoms with Crippen molar-refractivity contribution in [3.8, 4) is 6.07 Å². The molecule has 1 aliphatic heterocycles. The van der Waals surface area contributed by atoms with E-state index >= 15 is 0 Å². The number of hydrogen-bond acceptors (Lipinski definition) is 3. The van der Waals surface area contributed by atoms with Crippen LogP contribution >= 0.6 is 0 Å². The fraction of sp³-hybridized carbons (Fsp3) is 0.917. The molecule has 0 amide bonds. The van der Waals surface area contributed by atoms with Crippen LogP contribution in [-0.4, -0.2) is 23.6 Å². The summed E-state index contributed by atoms with van der Waals surface area (Å²) in [5, 5.41) is 11.5. The van der Waals surface area contributed by atoms with Crippen molar-refractivity contribution in [2.75, 3.05) is 13.1 Å². The summed E-state index contributed by atoms with van der Waals surface area (Å²) in [6.07, 6.45) is 3.79. The van der Waals surface area contributed by atoms with Crippen LogP contribution in [0.5, 0.6) is 0 Å². The fourth-order valence-electron chi connectivity index (χ4n) is 1.68. The zero-order chi connectivity index (χ0) is 11.5. The topological polar surface area (TPSA) is 39.1 Å². The molecule has 0 spiro atoms. The van der Waals surface area contributed by atoms with E-state index < -0.39 is 5.54 Å². The lowest BCUT2D eigenvalue weighted by molar-refractivity contribution is 0.0593. The van der Waals surface area contributed by atoms with Gasteiger partial charge in [0.2, 0.25) is 0 Å². The Kier molecular flexibility index (Phi) is 3.75. The van der Waals surface area contributed by atoms with Gasteiger partial charge in [-0.2, -0.15) is 5.26 Å². The van der Waals surface area contributed by atoms with Crippen LogP contribution in [-0.2, 0) is 0 Å². The minimum absolute atomic E-state index is 0.0564. The third-order valence-electron chi connectivity index (χ3n) is 3.46. The number of hydrazine groups is 1. The molecule has 3 heteroatoms. The van der Waals surface area contributed by atoms with Crippen molar-refractivity contribution >= 4 is 0 Å². The van der Waals surface area contributed by atoms with Gasteiger partial charge in [-0.3, -0.25) is 0 Å². The Hall–Kier alpha value is -0.590. The van der Waals surface area contributed by atoms with E-state index in [1.807, 2.05) is 6.92 Å². The van der Waals surface area contributed by atoms with Crippen molar-refractivity contribution in [1.82, 2.24) is 10.4 Å². The number of hydrogen-bond donors (Lipinski definition) is 1. The Bertz CT molecular complexity index is 243. The molecule has 1 rings (SSSR count). The lowest BCUT2D eigenvalue weighted by Crippen LogP contribution is -2.59. The van der Waals surface area contributed by atoms with Crippen molar-refractivity contribution in [3.05, 3.63) is 0 Å². The van der Waals surface area contributed by atoms with Gasteiger partial charge in [0.25, 0.3) is 0 Å². The van der Waals surface area contributed by atoms with Gasteiger partial charge >= 0.3 is 0 Å². The molecule has 15 heavy (non-hydrogen) atoms. The molecule has 3 nitrogen and oxygen atoms in total. The summed E-state index contributed by atoms with van der Waals surface area (Å²) in [4.78, 5) is 0. The Balaban J connectivity index is 2.64. The van der Waals surface area contributed by atoms with Crippen molar-refractivity contribution in [2.45, 2.75) is 52.5 Å². The molecule has 0 radical (unpaired) electrons. The van der Waals surface area contributed by atoms with Crippen LogP contribution < -0.4 is 5.43 Å². The van der Waals surface area contributed by atoms with Gasteiger partial charge in [0, 0.05) is 13.1 Å². The van der Waals surface area contributed by atoms with Gasteiger partial charge in [-0.05, 0) is 25.2 Å². The monoisotopic (exact) mass is 209 g/mol. The predicted molar refractivity (Wildman–Crippen MR) is 62.0 cm³/mol. The van der Waals surface area contributed by atoms with Crippen LogP contribution in [0, 0.1) is 16.7 Å². The van der Waals surface area contributed by atoms with Crippen LogP contribution in [0.25, 0.3) is 0 Å². The Labute approximate surface area is 93.4 Å². The Morgan fingerprint density at radius 2 is 1.60 bits per heavy atom. The largest absolute Gasteiger partial charge is 0.243 e. The molecular formula is C12H23N3. The maximum absolute atomic E-state index is 9.31. The molecule has 0 aliphatic carbocycles. The van der Waals surface area contributed by atoms with Crippen LogP contribution in [0.2, 0.25) is 0 Å². The third kappa shape index (κ3) is 2.93. The van der Waals surface area contributed by atoms with E-state index in [9.17, 15) is 5.26 Å². The summed E-state index contributed by atoms with van der Waals surface area (Å²) in [5.41, 5.74) is 2.86. The van der Waals surface area contributed by atoms with E-state index in [-0.39, 0.29) is 5.41 Å². The molecule has 0 aromatic heterocycles. The average Bonchev–Trinajstić information content (AvgIpc) is 2.17. The van der Waals surface area contributed by atoms with Gasteiger partial charge in [0.15, 0.2) is 0 Å². The van der Waals surface area contributed by atoms with E-state index in [0.717, 1.165) is 13.1 Å². The van der Waals surface area contributed by atoms with E-state index in [4.69, 9.17) is 0 Å². The average molecular weight is 209 g/mol. The maximum atomic E-state index is 9.31. The lowest BCUT2D eigenvalue weighted by atomic mass is 9.76. The third-order valence-corrected chi connectivity index (χ3v) is 3.46. The zero-order valence-electron chi connectivity index (χ0n) is 10.4. The standard InChI is InChI=1S/C12H23N3/c1-11(2,3)12(4,10-13)14-15-8-6-5-7-9-15/h14H,5-9H2,1-4H3. The molecule has 1 heterocycles. The molecule has 0 aromatic carbocycles. The van der Waals surface area contributed by atoms with Crippen molar-refractivity contribution in [3.63, 3.8) is 0 Å². The van der Waals surface area contributed by atoms with Gasteiger partial charge in [-0.15, -0.1) is 0 Å². The normalized spacial score (nSPS) is 23.1. The summed E-state index contributed by atoms with van der Waals surface area (Å²) in [6.45, 7) is 10.4. The molecule has 0 aromatic rings. The SMILES string of the molecule is CC(C)(C)C(C)(C#N)NN1CCCCC1. The second kappa shape index (κ2) is 4.51. The first-order valence-corrected chi connectivity index (χ1v) is 5.83. The highest BCUT2D eigenvalue weighted by Gasteiger charge is 2.39. The molecule has 1 N–H and O–H groups in total. The van der Waals surface area contributed by atoms with E-state index in [2.05, 4.69) is 37.3 Å². The summed E-state index contributed by atoms with van der Waals surface area (Å²) in [7, 11) is 0. The van der Waals surface area contributed by atoms with E-state index in [1.165, 1.54) is 19.3 Å². The number of nitriles is 1. The number of rotatable bonds is 2. The molecule has 1 atom stereocenters. The quantitative estimate of drug-likeness (QED) is 0.758. The van der Waals surface area contributed by atoms with Crippen molar-refractivity contribution in [1.29, 1.82) is 5.26 Å². The lowest BCUT2D eigenvalue weighted by Gasteiger charge is -2.42.